The van der Waals surface area contributed by atoms with Gasteiger partial charge >= 0.3 is 0 Å². The summed E-state index contributed by atoms with van der Waals surface area (Å²) in [6.07, 6.45) is 1.21. The van der Waals surface area contributed by atoms with Gasteiger partial charge in [-0.25, -0.2) is 0 Å². The summed E-state index contributed by atoms with van der Waals surface area (Å²) in [4.78, 5) is 19.7. The van der Waals surface area contributed by atoms with Crippen molar-refractivity contribution in [2.24, 2.45) is 0 Å². The Hall–Kier alpha value is -0.440. The zero-order chi connectivity index (χ0) is 6.57. The summed E-state index contributed by atoms with van der Waals surface area (Å²) in [7, 11) is 0. The molecule has 0 atom stereocenters. The largest absolute Gasteiger partial charge is 0.298 e. The second-order valence-electron chi connectivity index (χ2n) is 1.27. The van der Waals surface area contributed by atoms with Gasteiger partial charge < -0.3 is 0 Å². The van der Waals surface area contributed by atoms with Crippen molar-refractivity contribution in [2.75, 3.05) is 0 Å². The van der Waals surface area contributed by atoms with Crippen molar-refractivity contribution in [3.63, 3.8) is 0 Å². The van der Waals surface area contributed by atoms with Crippen LogP contribution in [0.15, 0.2) is 10.1 Å². The molecule has 0 amide bonds. The van der Waals surface area contributed by atoms with Crippen LogP contribution in [0.2, 0.25) is 0 Å². The molecule has 0 aliphatic carbocycles. The van der Waals surface area contributed by atoms with Crippen LogP contribution in [0.4, 0.5) is 0 Å². The molecule has 0 aliphatic heterocycles. The van der Waals surface area contributed by atoms with E-state index < -0.39 is 0 Å². The van der Waals surface area contributed by atoms with Gasteiger partial charge in [-0.05, 0) is 22.9 Å². The number of hydrogen-bond acceptors (Lipinski definition) is 2. The standard InChI is InChI=1S/C5H5BrO2/c1-4(2-7)5(6)3-8/h2-3H,1H3/b5-4-. The molecule has 44 valence electrons. The number of rotatable bonds is 2. The molecular formula is C5H5BrO2. The molecular weight excluding hydrogens is 172 g/mol. The van der Waals surface area contributed by atoms with Crippen LogP contribution in [0.5, 0.6) is 0 Å². The fourth-order valence-electron chi connectivity index (χ4n) is 0.149. The van der Waals surface area contributed by atoms with Crippen LogP contribution in [0.3, 0.4) is 0 Å². The van der Waals surface area contributed by atoms with Crippen molar-refractivity contribution in [3.05, 3.63) is 10.1 Å². The van der Waals surface area contributed by atoms with E-state index in [1.807, 2.05) is 0 Å². The van der Waals surface area contributed by atoms with Gasteiger partial charge in [0.15, 0.2) is 6.29 Å². The van der Waals surface area contributed by atoms with Crippen molar-refractivity contribution < 1.29 is 9.59 Å². The lowest BCUT2D eigenvalue weighted by Gasteiger charge is -1.83. The normalized spacial score (nSPS) is 12.2. The van der Waals surface area contributed by atoms with Crippen LogP contribution in [0.1, 0.15) is 6.92 Å². The van der Waals surface area contributed by atoms with Gasteiger partial charge in [0.2, 0.25) is 0 Å². The summed E-state index contributed by atoms with van der Waals surface area (Å²) in [6.45, 7) is 1.56. The maximum atomic E-state index is 9.86. The third-order valence-corrected chi connectivity index (χ3v) is 1.47. The predicted molar refractivity (Wildman–Crippen MR) is 33.8 cm³/mol. The van der Waals surface area contributed by atoms with Crippen LogP contribution in [-0.2, 0) is 9.59 Å². The van der Waals surface area contributed by atoms with E-state index >= 15 is 0 Å². The Morgan fingerprint density at radius 3 is 2.00 bits per heavy atom. The van der Waals surface area contributed by atoms with Crippen molar-refractivity contribution in [1.82, 2.24) is 0 Å². The van der Waals surface area contributed by atoms with Crippen LogP contribution in [-0.4, -0.2) is 12.6 Å². The minimum Gasteiger partial charge on any atom is -0.298 e. The van der Waals surface area contributed by atoms with E-state index in [2.05, 4.69) is 15.9 Å². The maximum absolute atomic E-state index is 9.86. The van der Waals surface area contributed by atoms with Gasteiger partial charge in [-0.15, -0.1) is 0 Å². The molecule has 0 bridgehead atoms. The van der Waals surface area contributed by atoms with E-state index in [9.17, 15) is 9.59 Å². The summed E-state index contributed by atoms with van der Waals surface area (Å²) < 4.78 is 0.313. The number of aldehydes is 2. The second-order valence-corrected chi connectivity index (χ2v) is 2.12. The molecule has 0 aliphatic rings. The van der Waals surface area contributed by atoms with Gasteiger partial charge in [-0.3, -0.25) is 9.59 Å². The number of halogens is 1. The average molecular weight is 177 g/mol. The second kappa shape index (κ2) is 3.55. The van der Waals surface area contributed by atoms with Gasteiger partial charge in [0.05, 0.1) is 4.48 Å². The van der Waals surface area contributed by atoms with E-state index in [4.69, 9.17) is 0 Å². The molecule has 0 saturated carbocycles. The van der Waals surface area contributed by atoms with Gasteiger partial charge in [0.25, 0.3) is 0 Å². The summed E-state index contributed by atoms with van der Waals surface area (Å²) in [5, 5.41) is 0. The summed E-state index contributed by atoms with van der Waals surface area (Å²) in [5.41, 5.74) is 0.417. The quantitative estimate of drug-likeness (QED) is 0.466. The number of hydrogen-bond donors (Lipinski definition) is 0. The molecule has 0 aromatic heterocycles. The number of allylic oxidation sites excluding steroid dienone is 2. The first-order valence-corrected chi connectivity index (χ1v) is 2.78. The third-order valence-electron chi connectivity index (χ3n) is 0.657. The Balaban J connectivity index is 4.25. The van der Waals surface area contributed by atoms with Gasteiger partial charge in [0.1, 0.15) is 6.29 Å². The molecule has 3 heteroatoms. The van der Waals surface area contributed by atoms with Crippen molar-refractivity contribution in [2.45, 2.75) is 6.92 Å². The van der Waals surface area contributed by atoms with Gasteiger partial charge in [-0.2, -0.15) is 0 Å². The minimum atomic E-state index is 0.313. The fourth-order valence-corrected chi connectivity index (χ4v) is 0.243. The fraction of sp³-hybridized carbons (Fsp3) is 0.200. The van der Waals surface area contributed by atoms with Gasteiger partial charge in [-0.1, -0.05) is 0 Å². The van der Waals surface area contributed by atoms with Crippen LogP contribution in [0.25, 0.3) is 0 Å². The Bertz CT molecular complexity index is 121. The maximum Gasteiger partial charge on any atom is 0.157 e. The molecule has 0 saturated heterocycles. The highest BCUT2D eigenvalue weighted by molar-refractivity contribution is 9.12. The Kier molecular flexibility index (Phi) is 3.35. The molecule has 2 nitrogen and oxygen atoms in total. The number of carbonyl (C=O) groups is 2. The van der Waals surface area contributed by atoms with E-state index in [-0.39, 0.29) is 0 Å². The van der Waals surface area contributed by atoms with E-state index in [0.29, 0.717) is 22.6 Å². The Labute approximate surface area is 55.7 Å². The monoisotopic (exact) mass is 176 g/mol. The molecule has 0 radical (unpaired) electrons. The highest BCUT2D eigenvalue weighted by Gasteiger charge is 1.91. The predicted octanol–water partition coefficient (Wildman–Crippen LogP) is 1.05. The molecule has 0 aromatic carbocycles. The van der Waals surface area contributed by atoms with Crippen LogP contribution >= 0.6 is 15.9 Å². The van der Waals surface area contributed by atoms with E-state index in [1.54, 1.807) is 6.92 Å². The molecule has 0 spiro atoms. The molecule has 0 heterocycles. The van der Waals surface area contributed by atoms with E-state index in [1.165, 1.54) is 0 Å². The van der Waals surface area contributed by atoms with Crippen molar-refractivity contribution in [3.8, 4) is 0 Å². The lowest BCUT2D eigenvalue weighted by atomic mass is 10.3. The Morgan fingerprint density at radius 2 is 1.88 bits per heavy atom. The lowest BCUT2D eigenvalue weighted by Crippen LogP contribution is -1.81. The molecule has 0 aromatic rings. The first-order valence-electron chi connectivity index (χ1n) is 1.99. The average Bonchev–Trinajstić information content (AvgIpc) is 1.84. The van der Waals surface area contributed by atoms with Crippen LogP contribution in [0, 0.1) is 0 Å². The Morgan fingerprint density at radius 1 is 1.38 bits per heavy atom. The first-order chi connectivity index (χ1) is 3.72. The SMILES string of the molecule is C/C(C=O)=C(/Br)C=O. The number of carbonyl (C=O) groups excluding carboxylic acids is 2. The van der Waals surface area contributed by atoms with Gasteiger partial charge in [0, 0.05) is 5.57 Å². The third kappa shape index (κ3) is 2.02. The van der Waals surface area contributed by atoms with Crippen molar-refractivity contribution >= 4 is 28.5 Å². The molecule has 0 N–H and O–H groups in total. The van der Waals surface area contributed by atoms with E-state index in [0.717, 1.165) is 0 Å². The van der Waals surface area contributed by atoms with Crippen LogP contribution < -0.4 is 0 Å². The molecule has 0 rings (SSSR count). The summed E-state index contributed by atoms with van der Waals surface area (Å²) >= 11 is 2.88. The summed E-state index contributed by atoms with van der Waals surface area (Å²) in [5.74, 6) is 0. The molecule has 0 unspecified atom stereocenters. The zero-order valence-electron chi connectivity index (χ0n) is 4.35. The highest BCUT2D eigenvalue weighted by atomic mass is 79.9. The summed E-state index contributed by atoms with van der Waals surface area (Å²) in [6, 6.07) is 0. The minimum absolute atomic E-state index is 0.313. The first kappa shape index (κ1) is 7.56. The highest BCUT2D eigenvalue weighted by Crippen LogP contribution is 2.04. The topological polar surface area (TPSA) is 34.1 Å². The molecule has 0 fully saturated rings. The zero-order valence-corrected chi connectivity index (χ0v) is 5.94. The smallest absolute Gasteiger partial charge is 0.157 e. The molecule has 8 heavy (non-hydrogen) atoms. The lowest BCUT2D eigenvalue weighted by molar-refractivity contribution is -0.106. The van der Waals surface area contributed by atoms with Crippen molar-refractivity contribution in [1.29, 1.82) is 0 Å².